The number of nitrogens with zero attached hydrogens (tertiary/aromatic N) is 3. The molecule has 2 aromatic carbocycles. The first kappa shape index (κ1) is 19.6. The smallest absolute Gasteiger partial charge is 0.226 e. The number of carbonyl (C=O) groups is 1. The number of hydrogen-bond donors (Lipinski definition) is 0. The summed E-state index contributed by atoms with van der Waals surface area (Å²) >= 11 is 5.89. The Morgan fingerprint density at radius 3 is 2.86 bits per heavy atom. The van der Waals surface area contributed by atoms with Crippen LogP contribution in [0.3, 0.4) is 0 Å². The van der Waals surface area contributed by atoms with Crippen molar-refractivity contribution in [3.8, 4) is 11.4 Å². The first-order chi connectivity index (χ1) is 14.0. The Morgan fingerprint density at radius 1 is 1.28 bits per heavy atom. The van der Waals surface area contributed by atoms with E-state index in [1.165, 1.54) is 12.1 Å². The Hall–Kier alpha value is -2.73. The number of rotatable bonds is 5. The molecular weight excluding hydrogens is 393 g/mol. The molecule has 0 saturated heterocycles. The van der Waals surface area contributed by atoms with Gasteiger partial charge < -0.3 is 9.42 Å². The summed E-state index contributed by atoms with van der Waals surface area (Å²) < 4.78 is 18.9. The quantitative estimate of drug-likeness (QED) is 0.590. The molecule has 0 saturated carbocycles. The molecule has 29 heavy (non-hydrogen) atoms. The van der Waals surface area contributed by atoms with Crippen LogP contribution in [0.25, 0.3) is 11.4 Å². The van der Waals surface area contributed by atoms with Gasteiger partial charge in [-0.15, -0.1) is 0 Å². The van der Waals surface area contributed by atoms with Crippen molar-refractivity contribution in [2.45, 2.75) is 38.6 Å². The zero-order valence-corrected chi connectivity index (χ0v) is 16.8. The highest BCUT2D eigenvalue weighted by molar-refractivity contribution is 6.30. The Kier molecular flexibility index (Phi) is 5.62. The Balaban J connectivity index is 1.33. The molecule has 0 bridgehead atoms. The molecule has 0 N–H and O–H groups in total. The van der Waals surface area contributed by atoms with E-state index in [1.807, 2.05) is 30.0 Å². The summed E-state index contributed by atoms with van der Waals surface area (Å²) in [6.45, 7) is 2.60. The van der Waals surface area contributed by atoms with Crippen LogP contribution in [0.15, 0.2) is 47.0 Å². The fourth-order valence-corrected chi connectivity index (χ4v) is 3.86. The number of hydrogen-bond acceptors (Lipinski definition) is 4. The lowest BCUT2D eigenvalue weighted by Crippen LogP contribution is -2.38. The maximum absolute atomic E-state index is 13.6. The normalized spacial score (nSPS) is 16.0. The lowest BCUT2D eigenvalue weighted by Gasteiger charge is -2.35. The third-order valence-corrected chi connectivity index (χ3v) is 5.57. The van der Waals surface area contributed by atoms with Gasteiger partial charge in [-0.3, -0.25) is 4.79 Å². The van der Waals surface area contributed by atoms with Crippen LogP contribution < -0.4 is 0 Å². The molecular formula is C22H21ClFN3O2. The van der Waals surface area contributed by atoms with Crippen molar-refractivity contribution in [3.05, 3.63) is 70.3 Å². The first-order valence-electron chi connectivity index (χ1n) is 9.67. The van der Waals surface area contributed by atoms with Crippen molar-refractivity contribution < 1.29 is 13.7 Å². The van der Waals surface area contributed by atoms with Gasteiger partial charge in [-0.25, -0.2) is 4.39 Å². The number of halogens is 2. The van der Waals surface area contributed by atoms with Crippen LogP contribution in [-0.2, 0) is 17.6 Å². The average molecular weight is 414 g/mol. The SMILES string of the molecule is CC1c2cc(F)ccc2CCN1C(=O)CCCc1nc(-c2ccc(Cl)cc2)no1. The molecule has 1 aromatic heterocycles. The summed E-state index contributed by atoms with van der Waals surface area (Å²) in [7, 11) is 0. The minimum atomic E-state index is -0.266. The van der Waals surface area contributed by atoms with Gasteiger partial charge in [0.15, 0.2) is 0 Å². The van der Waals surface area contributed by atoms with E-state index in [9.17, 15) is 9.18 Å². The second kappa shape index (κ2) is 8.33. The second-order valence-electron chi connectivity index (χ2n) is 7.23. The van der Waals surface area contributed by atoms with E-state index in [-0.39, 0.29) is 17.8 Å². The maximum Gasteiger partial charge on any atom is 0.226 e. The van der Waals surface area contributed by atoms with Gasteiger partial charge in [0.2, 0.25) is 17.6 Å². The maximum atomic E-state index is 13.6. The standard InChI is InChI=1S/C22H21ClFN3O2/c1-14-19-13-18(24)10-7-15(19)11-12-27(14)21(28)4-2-3-20-25-22(26-29-20)16-5-8-17(23)9-6-16/h5-10,13-14H,2-4,11-12H2,1H3. The minimum absolute atomic E-state index is 0.0600. The largest absolute Gasteiger partial charge is 0.339 e. The molecule has 4 rings (SSSR count). The minimum Gasteiger partial charge on any atom is -0.339 e. The Bertz CT molecular complexity index is 1020. The van der Waals surface area contributed by atoms with Crippen LogP contribution in [0.5, 0.6) is 0 Å². The number of fused-ring (bicyclic) bond motifs is 1. The van der Waals surface area contributed by atoms with Crippen LogP contribution in [0.1, 0.15) is 42.8 Å². The molecule has 7 heteroatoms. The van der Waals surface area contributed by atoms with Gasteiger partial charge in [-0.05, 0) is 67.3 Å². The summed E-state index contributed by atoms with van der Waals surface area (Å²) in [4.78, 5) is 18.9. The molecule has 1 unspecified atom stereocenters. The first-order valence-corrected chi connectivity index (χ1v) is 10.1. The molecule has 0 radical (unpaired) electrons. The van der Waals surface area contributed by atoms with Gasteiger partial charge in [0.1, 0.15) is 5.82 Å². The summed E-state index contributed by atoms with van der Waals surface area (Å²) in [5.41, 5.74) is 2.84. The number of carbonyl (C=O) groups excluding carboxylic acids is 1. The van der Waals surface area contributed by atoms with Crippen LogP contribution in [0.2, 0.25) is 5.02 Å². The molecule has 0 aliphatic carbocycles. The van der Waals surface area contributed by atoms with Gasteiger partial charge in [-0.2, -0.15) is 4.98 Å². The number of aryl methyl sites for hydroxylation is 1. The van der Waals surface area contributed by atoms with E-state index in [2.05, 4.69) is 10.1 Å². The highest BCUT2D eigenvalue weighted by Crippen LogP contribution is 2.30. The predicted molar refractivity (Wildman–Crippen MR) is 108 cm³/mol. The van der Waals surface area contributed by atoms with E-state index in [1.54, 1.807) is 12.1 Å². The third kappa shape index (κ3) is 4.32. The van der Waals surface area contributed by atoms with Gasteiger partial charge in [0, 0.05) is 30.0 Å². The van der Waals surface area contributed by atoms with Crippen molar-refractivity contribution in [3.63, 3.8) is 0 Å². The molecule has 0 fully saturated rings. The van der Waals surface area contributed by atoms with Crippen molar-refractivity contribution in [2.24, 2.45) is 0 Å². The van der Waals surface area contributed by atoms with Crippen molar-refractivity contribution in [1.29, 1.82) is 0 Å². The van der Waals surface area contributed by atoms with Crippen molar-refractivity contribution >= 4 is 17.5 Å². The summed E-state index contributed by atoms with van der Waals surface area (Å²) in [6, 6.07) is 11.9. The van der Waals surface area contributed by atoms with Gasteiger partial charge in [0.25, 0.3) is 0 Å². The lowest BCUT2D eigenvalue weighted by atomic mass is 9.93. The van der Waals surface area contributed by atoms with Crippen LogP contribution in [-0.4, -0.2) is 27.5 Å². The highest BCUT2D eigenvalue weighted by atomic mass is 35.5. The average Bonchev–Trinajstić information content (AvgIpc) is 3.18. The van der Waals surface area contributed by atoms with Gasteiger partial charge in [0.05, 0.1) is 6.04 Å². The molecule has 3 aromatic rings. The van der Waals surface area contributed by atoms with E-state index in [0.29, 0.717) is 42.5 Å². The van der Waals surface area contributed by atoms with Gasteiger partial charge in [-0.1, -0.05) is 22.8 Å². The van der Waals surface area contributed by atoms with Crippen LogP contribution in [0, 0.1) is 5.82 Å². The molecule has 1 aliphatic heterocycles. The fraction of sp³-hybridized carbons (Fsp3) is 0.318. The highest BCUT2D eigenvalue weighted by Gasteiger charge is 2.27. The number of benzene rings is 2. The number of amides is 1. The molecule has 150 valence electrons. The Morgan fingerprint density at radius 2 is 2.07 bits per heavy atom. The van der Waals surface area contributed by atoms with E-state index < -0.39 is 0 Å². The predicted octanol–water partition coefficient (Wildman–Crippen LogP) is 5.00. The van der Waals surface area contributed by atoms with Crippen LogP contribution in [0.4, 0.5) is 4.39 Å². The van der Waals surface area contributed by atoms with E-state index >= 15 is 0 Å². The fourth-order valence-electron chi connectivity index (χ4n) is 3.73. The number of aromatic nitrogens is 2. The van der Waals surface area contributed by atoms with Crippen molar-refractivity contribution in [1.82, 2.24) is 15.0 Å². The third-order valence-electron chi connectivity index (χ3n) is 5.32. The summed E-state index contributed by atoms with van der Waals surface area (Å²) in [5, 5.41) is 4.64. The molecule has 5 nitrogen and oxygen atoms in total. The Labute approximate surface area is 173 Å². The van der Waals surface area contributed by atoms with E-state index in [0.717, 1.165) is 23.1 Å². The lowest BCUT2D eigenvalue weighted by molar-refractivity contribution is -0.133. The summed E-state index contributed by atoms with van der Waals surface area (Å²) in [5.74, 6) is 0.802. The topological polar surface area (TPSA) is 59.2 Å². The molecule has 1 atom stereocenters. The van der Waals surface area contributed by atoms with Crippen molar-refractivity contribution in [2.75, 3.05) is 6.54 Å². The van der Waals surface area contributed by atoms with Crippen LogP contribution >= 0.6 is 11.6 Å². The monoisotopic (exact) mass is 413 g/mol. The molecule has 1 amide bonds. The van der Waals surface area contributed by atoms with Gasteiger partial charge >= 0.3 is 0 Å². The summed E-state index contributed by atoms with van der Waals surface area (Å²) in [6.07, 6.45) is 2.27. The molecule has 1 aliphatic rings. The second-order valence-corrected chi connectivity index (χ2v) is 7.66. The zero-order chi connectivity index (χ0) is 20.4. The van der Waals surface area contributed by atoms with E-state index in [4.69, 9.17) is 16.1 Å². The zero-order valence-electron chi connectivity index (χ0n) is 16.1. The molecule has 0 spiro atoms. The molecule has 2 heterocycles.